The summed E-state index contributed by atoms with van der Waals surface area (Å²) in [7, 11) is 0. The summed E-state index contributed by atoms with van der Waals surface area (Å²) in [4.78, 5) is 11.4. The quantitative estimate of drug-likeness (QED) is 0.892. The topological polar surface area (TPSA) is 63.3 Å². The lowest BCUT2D eigenvalue weighted by atomic mass is 9.98. The molecule has 3 nitrogen and oxygen atoms in total. The zero-order valence-corrected chi connectivity index (χ0v) is 10.3. The Labute approximate surface area is 110 Å². The molecule has 0 saturated heterocycles. The van der Waals surface area contributed by atoms with Crippen LogP contribution in [0.1, 0.15) is 15.9 Å². The van der Waals surface area contributed by atoms with Crippen LogP contribution in [0.3, 0.4) is 0 Å². The molecule has 0 aromatic heterocycles. The molecule has 0 fully saturated rings. The summed E-state index contributed by atoms with van der Waals surface area (Å²) in [5, 5.41) is 9.46. The van der Waals surface area contributed by atoms with Gasteiger partial charge in [0.2, 0.25) is 5.91 Å². The van der Waals surface area contributed by atoms with Gasteiger partial charge in [-0.25, -0.2) is 0 Å². The second-order valence-corrected chi connectivity index (χ2v) is 4.35. The number of carbonyl (C=O) groups excluding carboxylic acids is 1. The van der Waals surface area contributed by atoms with E-state index in [-0.39, 0.29) is 6.61 Å². The van der Waals surface area contributed by atoms with E-state index < -0.39 is 5.91 Å². The van der Waals surface area contributed by atoms with Crippen LogP contribution in [0, 0.1) is 0 Å². The van der Waals surface area contributed by atoms with Gasteiger partial charge in [-0.15, -0.1) is 0 Å². The fraction of sp³-hybridized carbons (Fsp3) is 0.0714. The predicted molar refractivity (Wildman–Crippen MR) is 71.3 cm³/mol. The summed E-state index contributed by atoms with van der Waals surface area (Å²) in [6.07, 6.45) is 0. The Morgan fingerprint density at radius 3 is 2.39 bits per heavy atom. The Hall–Kier alpha value is -1.84. The van der Waals surface area contributed by atoms with E-state index in [9.17, 15) is 4.79 Å². The van der Waals surface area contributed by atoms with Crippen molar-refractivity contribution in [3.05, 3.63) is 58.6 Å². The van der Waals surface area contributed by atoms with E-state index in [0.717, 1.165) is 16.7 Å². The molecule has 92 valence electrons. The van der Waals surface area contributed by atoms with Crippen molar-refractivity contribution in [2.24, 2.45) is 5.73 Å². The van der Waals surface area contributed by atoms with Crippen LogP contribution in [0.25, 0.3) is 11.1 Å². The third kappa shape index (κ3) is 2.53. The first kappa shape index (κ1) is 12.6. The average molecular weight is 262 g/mol. The number of hydrogen-bond donors (Lipinski definition) is 2. The fourth-order valence-electron chi connectivity index (χ4n) is 1.76. The van der Waals surface area contributed by atoms with E-state index in [1.807, 2.05) is 12.1 Å². The molecule has 0 aliphatic carbocycles. The average Bonchev–Trinajstić information content (AvgIpc) is 2.39. The summed E-state index contributed by atoms with van der Waals surface area (Å²) in [6, 6.07) is 12.3. The molecular weight excluding hydrogens is 250 g/mol. The van der Waals surface area contributed by atoms with E-state index >= 15 is 0 Å². The molecule has 1 amide bonds. The van der Waals surface area contributed by atoms with Crippen LogP contribution in [-0.4, -0.2) is 11.0 Å². The lowest BCUT2D eigenvalue weighted by Crippen LogP contribution is -2.12. The maximum atomic E-state index is 11.4. The zero-order chi connectivity index (χ0) is 13.1. The van der Waals surface area contributed by atoms with Crippen molar-refractivity contribution >= 4 is 17.5 Å². The molecule has 2 aromatic rings. The number of hydrogen-bond acceptors (Lipinski definition) is 2. The van der Waals surface area contributed by atoms with Crippen LogP contribution in [0.4, 0.5) is 0 Å². The number of primary amides is 1. The van der Waals surface area contributed by atoms with Crippen LogP contribution in [-0.2, 0) is 6.61 Å². The molecule has 0 saturated carbocycles. The molecule has 0 radical (unpaired) electrons. The molecule has 0 unspecified atom stereocenters. The number of aliphatic hydroxyl groups excluding tert-OH is 1. The maximum absolute atomic E-state index is 11.4. The molecule has 2 rings (SSSR count). The summed E-state index contributed by atoms with van der Waals surface area (Å²) < 4.78 is 0. The smallest absolute Gasteiger partial charge is 0.249 e. The van der Waals surface area contributed by atoms with Gasteiger partial charge in [-0.1, -0.05) is 41.9 Å². The van der Waals surface area contributed by atoms with E-state index in [4.69, 9.17) is 22.4 Å². The second kappa shape index (κ2) is 5.21. The van der Waals surface area contributed by atoms with E-state index in [1.165, 1.54) is 0 Å². The molecule has 0 atom stereocenters. The van der Waals surface area contributed by atoms with Crippen molar-refractivity contribution in [1.82, 2.24) is 0 Å². The minimum atomic E-state index is -0.515. The van der Waals surface area contributed by atoms with Crippen LogP contribution in [0.15, 0.2) is 42.5 Å². The number of aliphatic hydroxyl groups is 1. The SMILES string of the molecule is NC(=O)c1cc(Cl)ccc1-c1ccc(CO)cc1. The molecule has 0 bridgehead atoms. The van der Waals surface area contributed by atoms with Crippen LogP contribution in [0.2, 0.25) is 5.02 Å². The lowest BCUT2D eigenvalue weighted by Gasteiger charge is -2.08. The van der Waals surface area contributed by atoms with Crippen LogP contribution < -0.4 is 5.73 Å². The summed E-state index contributed by atoms with van der Waals surface area (Å²) in [6.45, 7) is -0.0103. The highest BCUT2D eigenvalue weighted by Gasteiger charge is 2.10. The number of rotatable bonds is 3. The van der Waals surface area contributed by atoms with Gasteiger partial charge < -0.3 is 10.8 Å². The molecule has 0 spiro atoms. The molecule has 4 heteroatoms. The van der Waals surface area contributed by atoms with Gasteiger partial charge >= 0.3 is 0 Å². The summed E-state index contributed by atoms with van der Waals surface area (Å²) in [5.41, 5.74) is 8.13. The minimum Gasteiger partial charge on any atom is -0.392 e. The van der Waals surface area contributed by atoms with Gasteiger partial charge in [-0.05, 0) is 28.8 Å². The van der Waals surface area contributed by atoms with Crippen molar-refractivity contribution in [3.63, 3.8) is 0 Å². The summed E-state index contributed by atoms with van der Waals surface area (Å²) >= 11 is 5.86. The van der Waals surface area contributed by atoms with Crippen molar-refractivity contribution in [1.29, 1.82) is 0 Å². The van der Waals surface area contributed by atoms with Crippen LogP contribution in [0.5, 0.6) is 0 Å². The third-order valence-electron chi connectivity index (χ3n) is 2.69. The van der Waals surface area contributed by atoms with Crippen molar-refractivity contribution < 1.29 is 9.90 Å². The first-order valence-electron chi connectivity index (χ1n) is 5.41. The number of carbonyl (C=O) groups is 1. The maximum Gasteiger partial charge on any atom is 0.249 e. The monoisotopic (exact) mass is 261 g/mol. The van der Waals surface area contributed by atoms with Gasteiger partial charge in [0.15, 0.2) is 0 Å². The van der Waals surface area contributed by atoms with Gasteiger partial charge in [0, 0.05) is 10.6 Å². The fourth-order valence-corrected chi connectivity index (χ4v) is 1.93. The molecule has 3 N–H and O–H groups in total. The van der Waals surface area contributed by atoms with Gasteiger partial charge in [-0.2, -0.15) is 0 Å². The lowest BCUT2D eigenvalue weighted by molar-refractivity contribution is 0.100. The molecular formula is C14H12ClNO2. The Kier molecular flexibility index (Phi) is 3.65. The normalized spacial score (nSPS) is 10.3. The Morgan fingerprint density at radius 1 is 1.17 bits per heavy atom. The second-order valence-electron chi connectivity index (χ2n) is 3.91. The highest BCUT2D eigenvalue weighted by molar-refractivity contribution is 6.31. The van der Waals surface area contributed by atoms with Crippen LogP contribution >= 0.6 is 11.6 Å². The van der Waals surface area contributed by atoms with E-state index in [2.05, 4.69) is 0 Å². The number of nitrogens with two attached hydrogens (primary N) is 1. The van der Waals surface area contributed by atoms with E-state index in [0.29, 0.717) is 10.6 Å². The standard InChI is InChI=1S/C14H12ClNO2/c15-11-5-6-12(13(7-11)14(16)18)10-3-1-9(8-17)2-4-10/h1-7,17H,8H2,(H2,16,18). The van der Waals surface area contributed by atoms with Gasteiger partial charge in [0.05, 0.1) is 6.61 Å². The van der Waals surface area contributed by atoms with Crippen molar-refractivity contribution in [3.8, 4) is 11.1 Å². The molecule has 2 aromatic carbocycles. The first-order valence-corrected chi connectivity index (χ1v) is 5.79. The highest BCUT2D eigenvalue weighted by atomic mass is 35.5. The van der Waals surface area contributed by atoms with Gasteiger partial charge in [-0.3, -0.25) is 4.79 Å². The Morgan fingerprint density at radius 2 is 1.83 bits per heavy atom. The predicted octanol–water partition coefficient (Wildman–Crippen LogP) is 2.60. The van der Waals surface area contributed by atoms with Gasteiger partial charge in [0.1, 0.15) is 0 Å². The number of amides is 1. The van der Waals surface area contributed by atoms with Gasteiger partial charge in [0.25, 0.3) is 0 Å². The third-order valence-corrected chi connectivity index (χ3v) is 2.93. The largest absolute Gasteiger partial charge is 0.392 e. The highest BCUT2D eigenvalue weighted by Crippen LogP contribution is 2.26. The number of halogens is 1. The summed E-state index contributed by atoms with van der Waals surface area (Å²) in [5.74, 6) is -0.515. The minimum absolute atomic E-state index is 0.0103. The van der Waals surface area contributed by atoms with E-state index in [1.54, 1.807) is 30.3 Å². The molecule has 18 heavy (non-hydrogen) atoms. The Balaban J connectivity index is 2.52. The zero-order valence-electron chi connectivity index (χ0n) is 9.56. The first-order chi connectivity index (χ1) is 8.61. The number of benzene rings is 2. The molecule has 0 aliphatic heterocycles. The molecule has 0 heterocycles. The Bertz CT molecular complexity index is 579. The van der Waals surface area contributed by atoms with Crippen molar-refractivity contribution in [2.45, 2.75) is 6.61 Å². The van der Waals surface area contributed by atoms with Crippen molar-refractivity contribution in [2.75, 3.05) is 0 Å². The molecule has 0 aliphatic rings.